The highest BCUT2D eigenvalue weighted by Gasteiger charge is 2.27. The molecule has 3 heterocycles. The van der Waals surface area contributed by atoms with E-state index in [0.29, 0.717) is 31.6 Å². The summed E-state index contributed by atoms with van der Waals surface area (Å²) in [5.74, 6) is 1.41. The van der Waals surface area contributed by atoms with E-state index in [4.69, 9.17) is 9.47 Å². The molecule has 3 N–H and O–H groups in total. The predicted molar refractivity (Wildman–Crippen MR) is 109 cm³/mol. The Bertz CT molecular complexity index is 971. The minimum absolute atomic E-state index is 0.00301. The van der Waals surface area contributed by atoms with Crippen LogP contribution in [0.25, 0.3) is 0 Å². The molecule has 1 aromatic carbocycles. The van der Waals surface area contributed by atoms with Crippen LogP contribution in [0.15, 0.2) is 18.2 Å². The number of benzene rings is 1. The van der Waals surface area contributed by atoms with Crippen LogP contribution in [0.2, 0.25) is 0 Å². The lowest BCUT2D eigenvalue weighted by Gasteiger charge is -2.30. The fourth-order valence-electron chi connectivity index (χ4n) is 3.88. The molecule has 9 heteroatoms. The number of aromatic nitrogens is 2. The van der Waals surface area contributed by atoms with E-state index in [1.807, 2.05) is 39.0 Å². The maximum atomic E-state index is 12.4. The first-order valence-corrected chi connectivity index (χ1v) is 10.2. The molecular weight excluding hydrogens is 386 g/mol. The molecule has 2 atom stereocenters. The van der Waals surface area contributed by atoms with Crippen LogP contribution in [0, 0.1) is 13.8 Å². The van der Waals surface area contributed by atoms with Crippen LogP contribution < -0.4 is 25.4 Å². The standard InChI is InChI=1S/C21H27N5O4/c1-12-8-20(28)24-21(23-12)26-14(3)16(13(2)25-26)5-7-19(27)22-10-15-4-6-17-18(9-15)30-11-29-17/h4,6,9,12,21,23H,5,7-8,10-11H2,1-3H3,(H,22,27)(H,24,28). The van der Waals surface area contributed by atoms with E-state index in [2.05, 4.69) is 21.0 Å². The number of carbonyl (C=O) groups excluding carboxylic acids is 2. The highest BCUT2D eigenvalue weighted by molar-refractivity contribution is 5.77. The number of nitrogens with one attached hydrogen (secondary N) is 3. The zero-order valence-electron chi connectivity index (χ0n) is 17.4. The maximum absolute atomic E-state index is 12.4. The zero-order chi connectivity index (χ0) is 21.3. The van der Waals surface area contributed by atoms with Crippen LogP contribution in [-0.2, 0) is 22.6 Å². The van der Waals surface area contributed by atoms with Crippen LogP contribution in [0.5, 0.6) is 11.5 Å². The second-order valence-corrected chi connectivity index (χ2v) is 7.80. The van der Waals surface area contributed by atoms with Crippen LogP contribution in [0.1, 0.15) is 48.6 Å². The second-order valence-electron chi connectivity index (χ2n) is 7.80. The van der Waals surface area contributed by atoms with Gasteiger partial charge in [-0.05, 0) is 50.5 Å². The average molecular weight is 413 g/mol. The van der Waals surface area contributed by atoms with Crippen molar-refractivity contribution in [2.45, 2.75) is 58.9 Å². The van der Waals surface area contributed by atoms with Gasteiger partial charge in [-0.25, -0.2) is 4.68 Å². The highest BCUT2D eigenvalue weighted by Crippen LogP contribution is 2.32. The summed E-state index contributed by atoms with van der Waals surface area (Å²) in [5.41, 5.74) is 3.80. The summed E-state index contributed by atoms with van der Waals surface area (Å²) >= 11 is 0. The first-order chi connectivity index (χ1) is 14.4. The minimum Gasteiger partial charge on any atom is -0.454 e. The van der Waals surface area contributed by atoms with Gasteiger partial charge in [0, 0.05) is 31.1 Å². The Labute approximate surface area is 175 Å². The fourth-order valence-corrected chi connectivity index (χ4v) is 3.88. The van der Waals surface area contributed by atoms with Gasteiger partial charge in [-0.2, -0.15) is 5.10 Å². The molecule has 0 radical (unpaired) electrons. The number of ether oxygens (including phenoxy) is 2. The molecule has 0 bridgehead atoms. The monoisotopic (exact) mass is 413 g/mol. The second kappa shape index (κ2) is 8.35. The molecule has 2 aromatic rings. The molecule has 2 aliphatic rings. The van der Waals surface area contributed by atoms with Crippen LogP contribution >= 0.6 is 0 Å². The molecule has 0 spiro atoms. The third-order valence-corrected chi connectivity index (χ3v) is 5.48. The molecule has 2 aliphatic heterocycles. The van der Waals surface area contributed by atoms with Gasteiger partial charge in [0.1, 0.15) is 0 Å². The number of hydrogen-bond donors (Lipinski definition) is 3. The average Bonchev–Trinajstić information content (AvgIpc) is 3.28. The molecule has 1 aromatic heterocycles. The molecule has 0 aliphatic carbocycles. The van der Waals surface area contributed by atoms with Crippen LogP contribution in [0.3, 0.4) is 0 Å². The third-order valence-electron chi connectivity index (χ3n) is 5.48. The zero-order valence-corrected chi connectivity index (χ0v) is 17.4. The first kappa shape index (κ1) is 20.2. The molecular formula is C21H27N5O4. The summed E-state index contributed by atoms with van der Waals surface area (Å²) in [5, 5.41) is 13.8. The van der Waals surface area contributed by atoms with Crippen LogP contribution in [0.4, 0.5) is 0 Å². The molecule has 4 rings (SSSR count). The Kier molecular flexibility index (Phi) is 5.63. The van der Waals surface area contributed by atoms with Gasteiger partial charge in [-0.15, -0.1) is 0 Å². The van der Waals surface area contributed by atoms with Gasteiger partial charge >= 0.3 is 0 Å². The van der Waals surface area contributed by atoms with E-state index in [9.17, 15) is 9.59 Å². The topological polar surface area (TPSA) is 107 Å². The van der Waals surface area contributed by atoms with E-state index in [-0.39, 0.29) is 30.9 Å². The van der Waals surface area contributed by atoms with Crippen LogP contribution in [-0.4, -0.2) is 34.4 Å². The fraction of sp³-hybridized carbons (Fsp3) is 0.476. The Balaban J connectivity index is 1.34. The largest absolute Gasteiger partial charge is 0.454 e. The highest BCUT2D eigenvalue weighted by atomic mass is 16.7. The van der Waals surface area contributed by atoms with E-state index >= 15 is 0 Å². The normalized spacial score (nSPS) is 20.2. The molecule has 2 unspecified atom stereocenters. The number of carbonyl (C=O) groups is 2. The van der Waals surface area contributed by atoms with Crippen molar-refractivity contribution < 1.29 is 19.1 Å². The lowest BCUT2D eigenvalue weighted by Crippen LogP contribution is -2.52. The number of hydrogen-bond acceptors (Lipinski definition) is 6. The lowest BCUT2D eigenvalue weighted by atomic mass is 10.1. The quantitative estimate of drug-likeness (QED) is 0.662. The van der Waals surface area contributed by atoms with Crippen molar-refractivity contribution in [2.24, 2.45) is 0 Å². The number of nitrogens with zero attached hydrogens (tertiary/aromatic N) is 2. The van der Waals surface area contributed by atoms with E-state index in [1.54, 1.807) is 4.68 Å². The van der Waals surface area contributed by atoms with E-state index in [0.717, 1.165) is 28.3 Å². The van der Waals surface area contributed by atoms with Gasteiger partial charge in [0.05, 0.1) is 5.69 Å². The molecule has 30 heavy (non-hydrogen) atoms. The maximum Gasteiger partial charge on any atom is 0.231 e. The molecule has 1 saturated heterocycles. The van der Waals surface area contributed by atoms with Gasteiger partial charge in [-0.3, -0.25) is 14.9 Å². The molecule has 2 amide bonds. The minimum atomic E-state index is -0.367. The Morgan fingerprint density at radius 1 is 1.30 bits per heavy atom. The first-order valence-electron chi connectivity index (χ1n) is 10.2. The molecule has 9 nitrogen and oxygen atoms in total. The van der Waals surface area contributed by atoms with Gasteiger partial charge < -0.3 is 20.1 Å². The number of fused-ring (bicyclic) bond motifs is 1. The predicted octanol–water partition coefficient (Wildman–Crippen LogP) is 1.43. The van der Waals surface area contributed by atoms with Crippen molar-refractivity contribution in [1.82, 2.24) is 25.7 Å². The summed E-state index contributed by atoms with van der Waals surface area (Å²) < 4.78 is 12.5. The van der Waals surface area contributed by atoms with Gasteiger partial charge in [0.15, 0.2) is 17.8 Å². The third kappa shape index (κ3) is 4.25. The van der Waals surface area contributed by atoms with E-state index < -0.39 is 0 Å². The van der Waals surface area contributed by atoms with E-state index in [1.165, 1.54) is 0 Å². The molecule has 160 valence electrons. The number of amides is 2. The summed E-state index contributed by atoms with van der Waals surface area (Å²) in [4.78, 5) is 24.2. The Hall–Kier alpha value is -3.07. The Morgan fingerprint density at radius 2 is 2.10 bits per heavy atom. The summed E-state index contributed by atoms with van der Waals surface area (Å²) in [6.45, 7) is 6.53. The van der Waals surface area contributed by atoms with Crippen molar-refractivity contribution in [3.8, 4) is 11.5 Å². The summed E-state index contributed by atoms with van der Waals surface area (Å²) in [7, 11) is 0. The van der Waals surface area contributed by atoms with Crippen molar-refractivity contribution >= 4 is 11.8 Å². The Morgan fingerprint density at radius 3 is 2.90 bits per heavy atom. The van der Waals surface area contributed by atoms with Gasteiger partial charge in [0.2, 0.25) is 18.6 Å². The smallest absolute Gasteiger partial charge is 0.231 e. The van der Waals surface area contributed by atoms with Gasteiger partial charge in [-0.1, -0.05) is 6.07 Å². The number of rotatable bonds is 6. The number of aryl methyl sites for hydroxylation is 1. The van der Waals surface area contributed by atoms with Crippen molar-refractivity contribution in [3.63, 3.8) is 0 Å². The SMILES string of the molecule is Cc1nn(C2NC(=O)CC(C)N2)c(C)c1CCC(=O)NCc1ccc2c(c1)OCO2. The van der Waals surface area contributed by atoms with Crippen molar-refractivity contribution in [2.75, 3.05) is 6.79 Å². The summed E-state index contributed by atoms with van der Waals surface area (Å²) in [6, 6.07) is 5.73. The van der Waals surface area contributed by atoms with Gasteiger partial charge in [0.25, 0.3) is 0 Å². The lowest BCUT2D eigenvalue weighted by molar-refractivity contribution is -0.125. The van der Waals surface area contributed by atoms with Crippen molar-refractivity contribution in [1.29, 1.82) is 0 Å². The summed E-state index contributed by atoms with van der Waals surface area (Å²) in [6.07, 6.45) is 1.03. The molecule has 1 fully saturated rings. The van der Waals surface area contributed by atoms with Crippen molar-refractivity contribution in [3.05, 3.63) is 40.7 Å². The molecule has 0 saturated carbocycles.